The highest BCUT2D eigenvalue weighted by Crippen LogP contribution is 2.17. The Bertz CT molecular complexity index is 699. The molecule has 0 bridgehead atoms. The molecule has 2 heterocycles. The lowest BCUT2D eigenvalue weighted by Crippen LogP contribution is -2.47. The molecule has 1 amide bonds. The van der Waals surface area contributed by atoms with E-state index in [1.54, 1.807) is 4.68 Å². The molecule has 1 N–H and O–H groups in total. The molecule has 1 atom stereocenters. The summed E-state index contributed by atoms with van der Waals surface area (Å²) in [6.45, 7) is 4.92. The van der Waals surface area contributed by atoms with Crippen molar-refractivity contribution < 1.29 is 9.53 Å². The molecule has 1 fully saturated rings. The van der Waals surface area contributed by atoms with Crippen molar-refractivity contribution in [2.24, 2.45) is 7.05 Å². The largest absolute Gasteiger partial charge is 0.373 e. The number of ether oxygens (including phenoxy) is 1. The Kier molecular flexibility index (Phi) is 5.71. The van der Waals surface area contributed by atoms with E-state index in [4.69, 9.17) is 4.74 Å². The smallest absolute Gasteiger partial charge is 0.269 e. The Morgan fingerprint density at radius 2 is 2.16 bits per heavy atom. The van der Waals surface area contributed by atoms with Gasteiger partial charge in [-0.2, -0.15) is 5.10 Å². The molecule has 25 heavy (non-hydrogen) atoms. The third-order valence-electron chi connectivity index (χ3n) is 4.42. The zero-order valence-corrected chi connectivity index (χ0v) is 14.9. The number of aryl methyl sites for hydroxylation is 2. The topological polar surface area (TPSA) is 59.4 Å². The Balaban J connectivity index is 1.55. The van der Waals surface area contributed by atoms with Gasteiger partial charge in [0.1, 0.15) is 5.69 Å². The molecule has 0 saturated carbocycles. The van der Waals surface area contributed by atoms with Gasteiger partial charge >= 0.3 is 0 Å². The van der Waals surface area contributed by atoms with Crippen molar-refractivity contribution in [1.29, 1.82) is 0 Å². The van der Waals surface area contributed by atoms with Crippen molar-refractivity contribution >= 4 is 11.6 Å². The Morgan fingerprint density at radius 1 is 1.36 bits per heavy atom. The first-order valence-corrected chi connectivity index (χ1v) is 8.90. The summed E-state index contributed by atoms with van der Waals surface area (Å²) in [6, 6.07) is 12.2. The van der Waals surface area contributed by atoms with Crippen molar-refractivity contribution in [2.45, 2.75) is 25.9 Å². The highest BCUT2D eigenvalue weighted by atomic mass is 16.5. The van der Waals surface area contributed by atoms with E-state index in [9.17, 15) is 4.79 Å². The third kappa shape index (κ3) is 4.39. The van der Waals surface area contributed by atoms with E-state index >= 15 is 0 Å². The minimum Gasteiger partial charge on any atom is -0.373 e. The van der Waals surface area contributed by atoms with Crippen LogP contribution in [0, 0.1) is 0 Å². The quantitative estimate of drug-likeness (QED) is 0.872. The van der Waals surface area contributed by atoms with Crippen LogP contribution in [0.3, 0.4) is 0 Å². The number of carbonyl (C=O) groups is 1. The van der Waals surface area contributed by atoms with Crippen LogP contribution in [-0.2, 0) is 18.2 Å². The molecule has 1 aliphatic heterocycles. The number of anilines is 1. The van der Waals surface area contributed by atoms with Gasteiger partial charge in [-0.15, -0.1) is 0 Å². The molecule has 0 aliphatic carbocycles. The number of hydrogen-bond donors (Lipinski definition) is 1. The fourth-order valence-electron chi connectivity index (χ4n) is 3.13. The second-order valence-corrected chi connectivity index (χ2v) is 6.38. The molecule has 0 spiro atoms. The molecule has 1 saturated heterocycles. The van der Waals surface area contributed by atoms with Crippen LogP contribution in [0.5, 0.6) is 0 Å². The number of para-hydroxylation sites is 1. The van der Waals surface area contributed by atoms with Crippen molar-refractivity contribution in [2.75, 3.05) is 31.1 Å². The number of morpholine rings is 1. The van der Waals surface area contributed by atoms with Crippen LogP contribution < -0.4 is 10.2 Å². The van der Waals surface area contributed by atoms with Crippen molar-refractivity contribution in [3.8, 4) is 0 Å². The summed E-state index contributed by atoms with van der Waals surface area (Å²) in [5.74, 6) is -0.0993. The van der Waals surface area contributed by atoms with Gasteiger partial charge in [0.2, 0.25) is 0 Å². The Hall–Kier alpha value is -2.34. The van der Waals surface area contributed by atoms with E-state index in [0.717, 1.165) is 31.6 Å². The number of benzene rings is 1. The van der Waals surface area contributed by atoms with E-state index < -0.39 is 0 Å². The summed E-state index contributed by atoms with van der Waals surface area (Å²) in [7, 11) is 1.81. The van der Waals surface area contributed by atoms with Crippen LogP contribution in [0.25, 0.3) is 0 Å². The Labute approximate surface area is 148 Å². The minimum atomic E-state index is -0.0993. The van der Waals surface area contributed by atoms with Gasteiger partial charge in [-0.3, -0.25) is 9.48 Å². The van der Waals surface area contributed by atoms with Gasteiger partial charge in [-0.25, -0.2) is 0 Å². The number of amides is 1. The first-order valence-electron chi connectivity index (χ1n) is 8.90. The highest BCUT2D eigenvalue weighted by molar-refractivity contribution is 5.92. The fraction of sp³-hybridized carbons (Fsp3) is 0.474. The van der Waals surface area contributed by atoms with Gasteiger partial charge in [-0.1, -0.05) is 31.5 Å². The lowest BCUT2D eigenvalue weighted by Gasteiger charge is -2.34. The molecule has 1 aromatic carbocycles. The van der Waals surface area contributed by atoms with E-state index in [1.807, 2.05) is 31.3 Å². The van der Waals surface area contributed by atoms with Crippen molar-refractivity contribution in [3.63, 3.8) is 0 Å². The SMILES string of the molecule is CCCc1cc(C(=O)NC[C@H]2CN(c3ccccc3)CCO2)n(C)n1. The number of nitrogens with one attached hydrogen (secondary N) is 1. The Morgan fingerprint density at radius 3 is 2.92 bits per heavy atom. The molecule has 3 rings (SSSR count). The lowest BCUT2D eigenvalue weighted by atomic mass is 10.2. The number of nitrogens with zero attached hydrogens (tertiary/aromatic N) is 3. The number of rotatable bonds is 6. The summed E-state index contributed by atoms with van der Waals surface area (Å²) >= 11 is 0. The summed E-state index contributed by atoms with van der Waals surface area (Å²) in [6.07, 6.45) is 1.89. The molecule has 1 aromatic heterocycles. The maximum atomic E-state index is 12.4. The van der Waals surface area contributed by atoms with Crippen molar-refractivity contribution in [3.05, 3.63) is 47.8 Å². The van der Waals surface area contributed by atoms with Crippen LogP contribution in [0.15, 0.2) is 36.4 Å². The summed E-state index contributed by atoms with van der Waals surface area (Å²) < 4.78 is 7.46. The van der Waals surface area contributed by atoms with E-state index in [0.29, 0.717) is 18.8 Å². The van der Waals surface area contributed by atoms with Gasteiger partial charge < -0.3 is 15.0 Å². The number of aromatic nitrogens is 2. The maximum absolute atomic E-state index is 12.4. The van der Waals surface area contributed by atoms with Gasteiger partial charge in [0.05, 0.1) is 18.4 Å². The molecule has 1 aliphatic rings. The normalized spacial score (nSPS) is 17.5. The third-order valence-corrected chi connectivity index (χ3v) is 4.42. The number of carbonyl (C=O) groups excluding carboxylic acids is 1. The molecule has 134 valence electrons. The van der Waals surface area contributed by atoms with E-state index in [2.05, 4.69) is 34.4 Å². The summed E-state index contributed by atoms with van der Waals surface area (Å²) in [4.78, 5) is 14.7. The zero-order chi connectivity index (χ0) is 17.6. The fourth-order valence-corrected chi connectivity index (χ4v) is 3.13. The average Bonchev–Trinajstić information content (AvgIpc) is 3.01. The second-order valence-electron chi connectivity index (χ2n) is 6.38. The highest BCUT2D eigenvalue weighted by Gasteiger charge is 2.22. The molecule has 0 radical (unpaired) electrons. The van der Waals surface area contributed by atoms with Gasteiger partial charge in [0.15, 0.2) is 0 Å². The summed E-state index contributed by atoms with van der Waals surface area (Å²) in [5, 5.41) is 7.37. The van der Waals surface area contributed by atoms with Crippen LogP contribution >= 0.6 is 0 Å². The monoisotopic (exact) mass is 342 g/mol. The summed E-state index contributed by atoms with van der Waals surface area (Å²) in [5.41, 5.74) is 2.75. The second kappa shape index (κ2) is 8.16. The van der Waals surface area contributed by atoms with Crippen molar-refractivity contribution in [1.82, 2.24) is 15.1 Å². The first-order chi connectivity index (χ1) is 12.2. The van der Waals surface area contributed by atoms with Crippen LogP contribution in [0.1, 0.15) is 29.5 Å². The molecule has 0 unspecified atom stereocenters. The predicted octanol–water partition coefficient (Wildman–Crippen LogP) is 2.01. The molecular formula is C19H26N4O2. The predicted molar refractivity (Wildman–Crippen MR) is 97.9 cm³/mol. The first kappa shape index (κ1) is 17.5. The molecule has 6 nitrogen and oxygen atoms in total. The maximum Gasteiger partial charge on any atom is 0.269 e. The number of hydrogen-bond acceptors (Lipinski definition) is 4. The van der Waals surface area contributed by atoms with E-state index in [-0.39, 0.29) is 12.0 Å². The van der Waals surface area contributed by atoms with Crippen LogP contribution in [0.4, 0.5) is 5.69 Å². The average molecular weight is 342 g/mol. The molecular weight excluding hydrogens is 316 g/mol. The lowest BCUT2D eigenvalue weighted by molar-refractivity contribution is 0.0396. The van der Waals surface area contributed by atoms with Crippen LogP contribution in [0.2, 0.25) is 0 Å². The zero-order valence-electron chi connectivity index (χ0n) is 14.9. The van der Waals surface area contributed by atoms with Crippen LogP contribution in [-0.4, -0.2) is 48.0 Å². The van der Waals surface area contributed by atoms with E-state index in [1.165, 1.54) is 5.69 Å². The van der Waals surface area contributed by atoms with Gasteiger partial charge in [-0.05, 0) is 24.6 Å². The molecule has 6 heteroatoms. The molecule has 2 aromatic rings. The van der Waals surface area contributed by atoms with Gasteiger partial charge in [0, 0.05) is 32.4 Å². The minimum absolute atomic E-state index is 0.0127. The standard InChI is InChI=1S/C19H26N4O2/c1-3-7-15-12-18(22(2)21-15)19(24)20-13-17-14-23(10-11-25-17)16-8-5-4-6-9-16/h4-6,8-9,12,17H,3,7,10-11,13-14H2,1-2H3,(H,20,24)/t17-/m0/s1. The van der Waals surface area contributed by atoms with Gasteiger partial charge in [0.25, 0.3) is 5.91 Å².